The molecular formula is C22H24N3O4P. The molecule has 0 unspecified atom stereocenters. The maximum Gasteiger partial charge on any atom is 0.334 e. The molecule has 0 radical (unpaired) electrons. The van der Waals surface area contributed by atoms with Gasteiger partial charge in [0.25, 0.3) is 0 Å². The summed E-state index contributed by atoms with van der Waals surface area (Å²) in [5, 5.41) is 7.11. The fourth-order valence-electron chi connectivity index (χ4n) is 3.00. The number of carbonyl (C=O) groups is 1. The molecule has 7 nitrogen and oxygen atoms in total. The summed E-state index contributed by atoms with van der Waals surface area (Å²) in [5.41, 5.74) is 4.23. The van der Waals surface area contributed by atoms with Gasteiger partial charge in [-0.15, -0.1) is 0 Å². The average molecular weight is 425 g/mol. The van der Waals surface area contributed by atoms with Gasteiger partial charge in [0, 0.05) is 44.2 Å². The molecule has 1 heterocycles. The molecule has 1 aromatic heterocycles. The minimum atomic E-state index is -3.13. The lowest BCUT2D eigenvalue weighted by Gasteiger charge is -2.13. The van der Waals surface area contributed by atoms with Crippen molar-refractivity contribution in [3.63, 3.8) is 0 Å². The fraction of sp³-hybridized carbons (Fsp3) is 0.182. The van der Waals surface area contributed by atoms with E-state index in [4.69, 9.17) is 9.05 Å². The number of rotatable bonds is 8. The first-order valence-corrected chi connectivity index (χ1v) is 11.0. The van der Waals surface area contributed by atoms with E-state index in [1.807, 2.05) is 37.4 Å². The van der Waals surface area contributed by atoms with E-state index >= 15 is 0 Å². The van der Waals surface area contributed by atoms with E-state index in [0.29, 0.717) is 5.69 Å². The molecule has 156 valence electrons. The Bertz CT molecular complexity index is 1070. The summed E-state index contributed by atoms with van der Waals surface area (Å²) in [5.74, 6) is -0.259. The van der Waals surface area contributed by atoms with E-state index in [-0.39, 0.29) is 12.1 Å². The number of carbonyl (C=O) groups excluding carboxylic acids is 1. The molecule has 3 aromatic rings. The number of benzene rings is 2. The van der Waals surface area contributed by atoms with Gasteiger partial charge in [0.1, 0.15) is 0 Å². The molecular weight excluding hydrogens is 401 g/mol. The Balaban J connectivity index is 1.67. The lowest BCUT2D eigenvalue weighted by Crippen LogP contribution is -2.07. The second kappa shape index (κ2) is 9.67. The number of amides is 1. The normalized spacial score (nSPS) is 11.7. The van der Waals surface area contributed by atoms with Crippen LogP contribution in [0.5, 0.6) is 0 Å². The topological polar surface area (TPSA) is 82.5 Å². The highest BCUT2D eigenvalue weighted by molar-refractivity contribution is 7.52. The van der Waals surface area contributed by atoms with Crippen molar-refractivity contribution in [2.45, 2.75) is 6.16 Å². The third-order valence-corrected chi connectivity index (χ3v) is 6.45. The molecule has 0 fully saturated rings. The maximum absolute atomic E-state index is 12.3. The number of nitrogens with zero attached hydrogens (tertiary/aromatic N) is 2. The highest BCUT2D eigenvalue weighted by atomic mass is 31.2. The molecule has 30 heavy (non-hydrogen) atoms. The number of anilines is 1. The minimum absolute atomic E-state index is 0.164. The van der Waals surface area contributed by atoms with Crippen molar-refractivity contribution in [3.8, 4) is 11.3 Å². The van der Waals surface area contributed by atoms with Crippen LogP contribution in [0, 0.1) is 0 Å². The van der Waals surface area contributed by atoms with E-state index in [2.05, 4.69) is 10.4 Å². The van der Waals surface area contributed by atoms with Gasteiger partial charge in [-0.3, -0.25) is 14.0 Å². The average Bonchev–Trinajstić information content (AvgIpc) is 3.14. The second-order valence-corrected chi connectivity index (χ2v) is 8.86. The number of nitrogens with one attached hydrogen (secondary N) is 1. The molecule has 2 aromatic carbocycles. The first-order valence-electron chi connectivity index (χ1n) is 9.30. The summed E-state index contributed by atoms with van der Waals surface area (Å²) in [6, 6.07) is 16.9. The van der Waals surface area contributed by atoms with Gasteiger partial charge in [0.05, 0.1) is 18.1 Å². The molecule has 3 rings (SSSR count). The second-order valence-electron chi connectivity index (χ2n) is 6.59. The Morgan fingerprint density at radius 2 is 1.77 bits per heavy atom. The smallest absolute Gasteiger partial charge is 0.323 e. The first-order chi connectivity index (χ1) is 14.4. The van der Waals surface area contributed by atoms with E-state index in [1.165, 1.54) is 20.3 Å². The molecule has 8 heteroatoms. The van der Waals surface area contributed by atoms with E-state index < -0.39 is 7.60 Å². The monoisotopic (exact) mass is 425 g/mol. The molecule has 0 saturated carbocycles. The summed E-state index contributed by atoms with van der Waals surface area (Å²) in [4.78, 5) is 12.3. The summed E-state index contributed by atoms with van der Waals surface area (Å²) in [6.07, 6.45) is 5.11. The number of aromatic nitrogens is 2. The highest BCUT2D eigenvalue weighted by Gasteiger charge is 2.21. The van der Waals surface area contributed by atoms with Crippen LogP contribution >= 0.6 is 7.60 Å². The van der Waals surface area contributed by atoms with Crippen molar-refractivity contribution in [1.29, 1.82) is 0 Å². The van der Waals surface area contributed by atoms with Gasteiger partial charge in [-0.25, -0.2) is 0 Å². The van der Waals surface area contributed by atoms with Gasteiger partial charge >= 0.3 is 7.60 Å². The first kappa shape index (κ1) is 21.7. The summed E-state index contributed by atoms with van der Waals surface area (Å²) in [7, 11) is 1.46. The molecule has 0 atom stereocenters. The van der Waals surface area contributed by atoms with E-state index in [0.717, 1.165) is 22.4 Å². The van der Waals surface area contributed by atoms with Crippen molar-refractivity contribution in [1.82, 2.24) is 9.78 Å². The van der Waals surface area contributed by atoms with Crippen LogP contribution in [0.1, 0.15) is 11.1 Å². The third-order valence-electron chi connectivity index (χ3n) is 4.58. The molecule has 0 aliphatic carbocycles. The Kier molecular flexibility index (Phi) is 7.00. The summed E-state index contributed by atoms with van der Waals surface area (Å²) >= 11 is 0. The van der Waals surface area contributed by atoms with Gasteiger partial charge in [-0.1, -0.05) is 42.5 Å². The van der Waals surface area contributed by atoms with Gasteiger partial charge < -0.3 is 14.4 Å². The third kappa shape index (κ3) is 5.33. The van der Waals surface area contributed by atoms with Crippen LogP contribution in [0.4, 0.5) is 5.69 Å². The van der Waals surface area contributed by atoms with Crippen LogP contribution in [0.2, 0.25) is 0 Å². The Hall–Kier alpha value is -2.99. The summed E-state index contributed by atoms with van der Waals surface area (Å²) < 4.78 is 23.9. The highest BCUT2D eigenvalue weighted by Crippen LogP contribution is 2.49. The van der Waals surface area contributed by atoms with Crippen molar-refractivity contribution in [2.75, 3.05) is 19.5 Å². The Labute approximate surface area is 175 Å². The quantitative estimate of drug-likeness (QED) is 0.417. The molecule has 0 aliphatic rings. The predicted molar refractivity (Wildman–Crippen MR) is 118 cm³/mol. The van der Waals surface area contributed by atoms with Gasteiger partial charge in [-0.05, 0) is 23.8 Å². The molecule has 1 amide bonds. The SMILES string of the molecule is COP(=O)(Cc1ccc(NC(=O)/C=C/c2cnn(C)c2-c2ccccc2)cc1)OC. The Morgan fingerprint density at radius 1 is 1.10 bits per heavy atom. The molecule has 0 spiro atoms. The molecule has 1 N–H and O–H groups in total. The predicted octanol–water partition coefficient (Wildman–Crippen LogP) is 4.72. The zero-order valence-corrected chi connectivity index (χ0v) is 18.0. The van der Waals surface area contributed by atoms with Crippen LogP contribution in [-0.2, 0) is 31.6 Å². The van der Waals surface area contributed by atoms with Crippen LogP contribution in [0.25, 0.3) is 17.3 Å². The van der Waals surface area contributed by atoms with Crippen LogP contribution in [-0.4, -0.2) is 29.9 Å². The van der Waals surface area contributed by atoms with E-state index in [1.54, 1.807) is 41.2 Å². The molecule has 0 bridgehead atoms. The zero-order chi connectivity index (χ0) is 21.6. The number of aryl methyl sites for hydroxylation is 1. The van der Waals surface area contributed by atoms with Crippen LogP contribution in [0.15, 0.2) is 66.9 Å². The van der Waals surface area contributed by atoms with Crippen molar-refractivity contribution in [3.05, 3.63) is 78.0 Å². The largest absolute Gasteiger partial charge is 0.334 e. The zero-order valence-electron chi connectivity index (χ0n) is 17.1. The Morgan fingerprint density at radius 3 is 2.40 bits per heavy atom. The van der Waals surface area contributed by atoms with Crippen LogP contribution < -0.4 is 5.32 Å². The minimum Gasteiger partial charge on any atom is -0.323 e. The van der Waals surface area contributed by atoms with E-state index in [9.17, 15) is 9.36 Å². The lowest BCUT2D eigenvalue weighted by molar-refractivity contribution is -0.111. The number of hydrogen-bond acceptors (Lipinski definition) is 5. The van der Waals surface area contributed by atoms with Gasteiger partial charge in [0.2, 0.25) is 5.91 Å². The number of hydrogen-bond donors (Lipinski definition) is 1. The maximum atomic E-state index is 12.3. The molecule has 0 aliphatic heterocycles. The van der Waals surface area contributed by atoms with Crippen molar-refractivity contribution >= 4 is 25.3 Å². The lowest BCUT2D eigenvalue weighted by atomic mass is 10.1. The summed E-state index contributed by atoms with van der Waals surface area (Å²) in [6.45, 7) is 0. The van der Waals surface area contributed by atoms with Crippen molar-refractivity contribution < 1.29 is 18.4 Å². The van der Waals surface area contributed by atoms with Crippen LogP contribution in [0.3, 0.4) is 0 Å². The van der Waals surface area contributed by atoms with Gasteiger partial charge in [-0.2, -0.15) is 5.10 Å². The standard InChI is InChI=1S/C22H24N3O4P/c1-25-22(18-7-5-4-6-8-18)19(15-23-25)11-14-21(26)24-20-12-9-17(10-13-20)16-30(27,28-2)29-3/h4-15H,16H2,1-3H3,(H,24,26)/b14-11+. The fourth-order valence-corrected chi connectivity index (χ4v) is 4.06. The van der Waals surface area contributed by atoms with Gasteiger partial charge in [0.15, 0.2) is 0 Å². The van der Waals surface area contributed by atoms with Crippen molar-refractivity contribution in [2.24, 2.45) is 7.05 Å². The molecule has 0 saturated heterocycles.